The third-order valence-corrected chi connectivity index (χ3v) is 3.27. The highest BCUT2D eigenvalue weighted by atomic mass is 19.1. The van der Waals surface area contributed by atoms with E-state index in [1.165, 1.54) is 18.2 Å². The third-order valence-electron chi connectivity index (χ3n) is 3.27. The molecule has 0 radical (unpaired) electrons. The molecule has 0 aliphatic carbocycles. The fourth-order valence-corrected chi connectivity index (χ4v) is 2.13. The van der Waals surface area contributed by atoms with Gasteiger partial charge in [0.15, 0.2) is 5.82 Å². The zero-order valence-electron chi connectivity index (χ0n) is 12.9. The van der Waals surface area contributed by atoms with E-state index < -0.39 is 5.91 Å². The number of primary amides is 1. The average molecular weight is 323 g/mol. The lowest BCUT2D eigenvalue weighted by Crippen LogP contribution is -2.14. The second-order valence-electron chi connectivity index (χ2n) is 5.16. The van der Waals surface area contributed by atoms with Crippen molar-refractivity contribution >= 4 is 5.91 Å². The topological polar surface area (TPSA) is 78.1 Å². The Morgan fingerprint density at radius 1 is 1.00 bits per heavy atom. The van der Waals surface area contributed by atoms with Gasteiger partial charge in [-0.1, -0.05) is 0 Å². The van der Waals surface area contributed by atoms with Crippen molar-refractivity contribution in [2.24, 2.45) is 5.73 Å². The maximum absolute atomic E-state index is 12.9. The van der Waals surface area contributed by atoms with Crippen LogP contribution in [0.25, 0.3) is 11.4 Å². The van der Waals surface area contributed by atoms with E-state index in [-0.39, 0.29) is 11.5 Å². The van der Waals surface area contributed by atoms with Crippen LogP contribution in [0, 0.1) is 12.7 Å². The van der Waals surface area contributed by atoms with Crippen LogP contribution in [0.1, 0.15) is 16.2 Å². The van der Waals surface area contributed by atoms with Crippen LogP contribution in [0.15, 0.2) is 54.6 Å². The number of ether oxygens (including phenoxy) is 1. The van der Waals surface area contributed by atoms with Gasteiger partial charge in [-0.05, 0) is 61.5 Å². The fraction of sp³-hybridized carbons (Fsp3) is 0.0556. The SMILES string of the molecule is Cc1cc(C(N)=O)nc(-c2ccc(Oc3ccc(F)cc3)cc2)n1. The molecule has 2 aromatic carbocycles. The van der Waals surface area contributed by atoms with Gasteiger partial charge in [-0.3, -0.25) is 4.79 Å². The van der Waals surface area contributed by atoms with Crippen LogP contribution < -0.4 is 10.5 Å². The first kappa shape index (κ1) is 15.6. The van der Waals surface area contributed by atoms with E-state index in [4.69, 9.17) is 10.5 Å². The lowest BCUT2D eigenvalue weighted by atomic mass is 10.2. The third kappa shape index (κ3) is 3.55. The number of hydrogen-bond donors (Lipinski definition) is 1. The molecule has 0 saturated heterocycles. The monoisotopic (exact) mass is 323 g/mol. The van der Waals surface area contributed by atoms with E-state index in [0.29, 0.717) is 23.0 Å². The molecule has 3 aromatic rings. The Morgan fingerprint density at radius 3 is 2.17 bits per heavy atom. The fourth-order valence-electron chi connectivity index (χ4n) is 2.13. The molecule has 0 aliphatic rings. The summed E-state index contributed by atoms with van der Waals surface area (Å²) in [6.45, 7) is 1.77. The maximum atomic E-state index is 12.9. The molecule has 0 aliphatic heterocycles. The van der Waals surface area contributed by atoms with Crippen LogP contribution in [0.2, 0.25) is 0 Å². The molecular formula is C18H14FN3O2. The summed E-state index contributed by atoms with van der Waals surface area (Å²) in [5.74, 6) is 0.620. The number of carbonyl (C=O) groups is 1. The van der Waals surface area contributed by atoms with Crippen molar-refractivity contribution < 1.29 is 13.9 Å². The molecule has 0 atom stereocenters. The van der Waals surface area contributed by atoms with Gasteiger partial charge in [0, 0.05) is 11.3 Å². The van der Waals surface area contributed by atoms with Crippen molar-refractivity contribution in [3.8, 4) is 22.9 Å². The van der Waals surface area contributed by atoms with Crippen LogP contribution in [0.5, 0.6) is 11.5 Å². The van der Waals surface area contributed by atoms with Gasteiger partial charge in [0.1, 0.15) is 23.0 Å². The molecule has 0 saturated carbocycles. The van der Waals surface area contributed by atoms with Gasteiger partial charge >= 0.3 is 0 Å². The summed E-state index contributed by atoms with van der Waals surface area (Å²) in [5, 5.41) is 0. The molecule has 1 amide bonds. The summed E-state index contributed by atoms with van der Waals surface area (Å²) in [6.07, 6.45) is 0. The highest BCUT2D eigenvalue weighted by molar-refractivity contribution is 5.91. The molecule has 5 nitrogen and oxygen atoms in total. The minimum atomic E-state index is -0.599. The predicted molar refractivity (Wildman–Crippen MR) is 87.2 cm³/mol. The smallest absolute Gasteiger partial charge is 0.267 e. The molecule has 0 fully saturated rings. The first-order valence-corrected chi connectivity index (χ1v) is 7.20. The average Bonchev–Trinajstić information content (AvgIpc) is 2.57. The van der Waals surface area contributed by atoms with Crippen molar-refractivity contribution in [3.05, 3.63) is 71.8 Å². The van der Waals surface area contributed by atoms with Crippen molar-refractivity contribution in [2.45, 2.75) is 6.92 Å². The van der Waals surface area contributed by atoms with E-state index in [1.807, 2.05) is 0 Å². The zero-order chi connectivity index (χ0) is 17.1. The van der Waals surface area contributed by atoms with Gasteiger partial charge in [0.05, 0.1) is 0 Å². The van der Waals surface area contributed by atoms with Gasteiger partial charge < -0.3 is 10.5 Å². The van der Waals surface area contributed by atoms with E-state index in [2.05, 4.69) is 9.97 Å². The van der Waals surface area contributed by atoms with E-state index in [1.54, 1.807) is 43.3 Å². The summed E-state index contributed by atoms with van der Waals surface area (Å²) in [4.78, 5) is 19.8. The number of aryl methyl sites for hydroxylation is 1. The van der Waals surface area contributed by atoms with Gasteiger partial charge in [-0.25, -0.2) is 14.4 Å². The number of nitrogens with two attached hydrogens (primary N) is 1. The number of halogens is 1. The largest absolute Gasteiger partial charge is 0.457 e. The molecular weight excluding hydrogens is 309 g/mol. The lowest BCUT2D eigenvalue weighted by Gasteiger charge is -2.07. The van der Waals surface area contributed by atoms with E-state index in [9.17, 15) is 9.18 Å². The molecule has 2 N–H and O–H groups in total. The molecule has 1 heterocycles. The predicted octanol–water partition coefficient (Wildman–Crippen LogP) is 3.48. The summed E-state index contributed by atoms with van der Waals surface area (Å²) in [5.41, 5.74) is 6.83. The number of hydrogen-bond acceptors (Lipinski definition) is 4. The Hall–Kier alpha value is -3.28. The van der Waals surface area contributed by atoms with Crippen molar-refractivity contribution in [2.75, 3.05) is 0 Å². The van der Waals surface area contributed by atoms with Crippen LogP contribution in [-0.2, 0) is 0 Å². The molecule has 0 bridgehead atoms. The highest BCUT2D eigenvalue weighted by Crippen LogP contribution is 2.24. The normalized spacial score (nSPS) is 10.4. The molecule has 3 rings (SSSR count). The van der Waals surface area contributed by atoms with E-state index in [0.717, 1.165) is 5.56 Å². The second kappa shape index (κ2) is 6.45. The Bertz CT molecular complexity index is 878. The Labute approximate surface area is 137 Å². The van der Waals surface area contributed by atoms with Gasteiger partial charge in [0.25, 0.3) is 5.91 Å². The maximum Gasteiger partial charge on any atom is 0.267 e. The first-order valence-electron chi connectivity index (χ1n) is 7.20. The van der Waals surface area contributed by atoms with Gasteiger partial charge in [-0.2, -0.15) is 0 Å². The Morgan fingerprint density at radius 2 is 1.58 bits per heavy atom. The van der Waals surface area contributed by atoms with Crippen molar-refractivity contribution in [1.82, 2.24) is 9.97 Å². The molecule has 1 aromatic heterocycles. The Kier molecular flexibility index (Phi) is 4.20. The number of amides is 1. The minimum Gasteiger partial charge on any atom is -0.457 e. The van der Waals surface area contributed by atoms with Gasteiger partial charge in [-0.15, -0.1) is 0 Å². The number of rotatable bonds is 4. The van der Waals surface area contributed by atoms with Gasteiger partial charge in [0.2, 0.25) is 0 Å². The second-order valence-corrected chi connectivity index (χ2v) is 5.16. The summed E-state index contributed by atoms with van der Waals surface area (Å²) in [7, 11) is 0. The van der Waals surface area contributed by atoms with Crippen molar-refractivity contribution in [1.29, 1.82) is 0 Å². The highest BCUT2D eigenvalue weighted by Gasteiger charge is 2.09. The van der Waals surface area contributed by atoms with Crippen LogP contribution >= 0.6 is 0 Å². The quantitative estimate of drug-likeness (QED) is 0.797. The zero-order valence-corrected chi connectivity index (χ0v) is 12.9. The summed E-state index contributed by atoms with van der Waals surface area (Å²) >= 11 is 0. The number of carbonyl (C=O) groups excluding carboxylic acids is 1. The molecule has 0 spiro atoms. The number of nitrogens with zero attached hydrogens (tertiary/aromatic N) is 2. The van der Waals surface area contributed by atoms with E-state index >= 15 is 0 Å². The molecule has 6 heteroatoms. The standard InChI is InChI=1S/C18H14FN3O2/c1-11-10-16(17(20)23)22-18(21-11)12-2-6-14(7-3-12)24-15-8-4-13(19)5-9-15/h2-10H,1H3,(H2,20,23). The number of aromatic nitrogens is 2. The first-order chi connectivity index (χ1) is 11.5. The molecule has 24 heavy (non-hydrogen) atoms. The van der Waals surface area contributed by atoms with Crippen molar-refractivity contribution in [3.63, 3.8) is 0 Å². The van der Waals surface area contributed by atoms with Crippen LogP contribution in [-0.4, -0.2) is 15.9 Å². The molecule has 120 valence electrons. The molecule has 0 unspecified atom stereocenters. The Balaban J connectivity index is 1.84. The number of benzene rings is 2. The van der Waals surface area contributed by atoms with Crippen LogP contribution in [0.3, 0.4) is 0 Å². The minimum absolute atomic E-state index is 0.170. The lowest BCUT2D eigenvalue weighted by molar-refractivity contribution is 0.0995. The van der Waals surface area contributed by atoms with Crippen LogP contribution in [0.4, 0.5) is 4.39 Å². The summed E-state index contributed by atoms with van der Waals surface area (Å²) in [6, 6.07) is 14.3. The summed E-state index contributed by atoms with van der Waals surface area (Å²) < 4.78 is 18.5.